The third kappa shape index (κ3) is 3.23. The van der Waals surface area contributed by atoms with E-state index in [9.17, 15) is 4.79 Å². The Balaban J connectivity index is 1.55. The van der Waals surface area contributed by atoms with Crippen LogP contribution in [-0.4, -0.2) is 48.6 Å². The number of aryl methyl sites for hydroxylation is 1. The van der Waals surface area contributed by atoms with Gasteiger partial charge in [0.25, 0.3) is 0 Å². The van der Waals surface area contributed by atoms with Gasteiger partial charge in [-0.3, -0.25) is 14.1 Å². The van der Waals surface area contributed by atoms with Crippen LogP contribution in [0.5, 0.6) is 0 Å². The molecule has 1 aliphatic rings. The predicted molar refractivity (Wildman–Crippen MR) is 131 cm³/mol. The number of piperidine rings is 1. The minimum Gasteiger partial charge on any atom is -0.303 e. The molecule has 0 atom stereocenters. The lowest BCUT2D eigenvalue weighted by atomic mass is 10.0. The summed E-state index contributed by atoms with van der Waals surface area (Å²) in [5.74, 6) is 0. The van der Waals surface area contributed by atoms with E-state index in [0.29, 0.717) is 0 Å². The monoisotopic (exact) mass is 438 g/mol. The van der Waals surface area contributed by atoms with Gasteiger partial charge in [-0.05, 0) is 43.7 Å². The van der Waals surface area contributed by atoms with Gasteiger partial charge in [-0.2, -0.15) is 0 Å². The molecule has 5 heterocycles. The molecular weight excluding hydrogens is 412 g/mol. The molecule has 0 amide bonds. The summed E-state index contributed by atoms with van der Waals surface area (Å²) in [6.07, 6.45) is 3.72. The molecule has 0 spiro atoms. The first-order chi connectivity index (χ1) is 16.1. The lowest BCUT2D eigenvalue weighted by Gasteiger charge is -2.31. The van der Waals surface area contributed by atoms with Crippen molar-refractivity contribution in [2.45, 2.75) is 25.8 Å². The number of pyridine rings is 3. The van der Waals surface area contributed by atoms with Crippen molar-refractivity contribution < 1.29 is 0 Å². The topological polar surface area (TPSA) is 68.8 Å². The van der Waals surface area contributed by atoms with Gasteiger partial charge in [0.1, 0.15) is 5.52 Å². The molecule has 1 saturated heterocycles. The maximum Gasteiger partial charge on any atom is 0.329 e. The summed E-state index contributed by atoms with van der Waals surface area (Å²) in [5.41, 5.74) is 5.79. The molecule has 0 unspecified atom stereocenters. The Morgan fingerprint density at radius 1 is 0.939 bits per heavy atom. The van der Waals surface area contributed by atoms with E-state index >= 15 is 0 Å². The lowest BCUT2D eigenvalue weighted by Crippen LogP contribution is -2.37. The largest absolute Gasteiger partial charge is 0.329 e. The number of hydrogen-bond acceptors (Lipinski definition) is 5. The first kappa shape index (κ1) is 20.1. The minimum absolute atomic E-state index is 0.00489. The van der Waals surface area contributed by atoms with Crippen molar-refractivity contribution in [2.24, 2.45) is 7.05 Å². The fraction of sp³-hybridized carbons (Fsp3) is 0.308. The molecule has 0 aliphatic carbocycles. The van der Waals surface area contributed by atoms with Gasteiger partial charge in [0.2, 0.25) is 0 Å². The standard InChI is InChI=1S/C26H26N6O/c1-3-31-14-12-18(13-15-31)32-25-23(30(2)26(32)33)16-27-22-11-10-21(29-24(22)25)20-9-8-17-6-4-5-7-19(17)28-20/h4-11,16,18H,3,12-15H2,1-2H3. The molecule has 1 aromatic carbocycles. The number of rotatable bonds is 3. The highest BCUT2D eigenvalue weighted by molar-refractivity contribution is 6.00. The van der Waals surface area contributed by atoms with Crippen molar-refractivity contribution in [3.05, 3.63) is 65.2 Å². The summed E-state index contributed by atoms with van der Waals surface area (Å²) >= 11 is 0. The maximum atomic E-state index is 13.3. The van der Waals surface area contributed by atoms with Crippen molar-refractivity contribution in [3.8, 4) is 11.4 Å². The summed E-state index contributed by atoms with van der Waals surface area (Å²) < 4.78 is 3.67. The normalized spacial score (nSPS) is 15.7. The van der Waals surface area contributed by atoms with E-state index in [4.69, 9.17) is 9.97 Å². The molecule has 6 rings (SSSR count). The molecule has 33 heavy (non-hydrogen) atoms. The Morgan fingerprint density at radius 3 is 2.52 bits per heavy atom. The third-order valence-corrected chi connectivity index (χ3v) is 6.99. The van der Waals surface area contributed by atoms with Gasteiger partial charge in [-0.25, -0.2) is 14.8 Å². The zero-order valence-corrected chi connectivity index (χ0v) is 18.9. The zero-order chi connectivity index (χ0) is 22.5. The summed E-state index contributed by atoms with van der Waals surface area (Å²) in [4.78, 5) is 30.2. The van der Waals surface area contributed by atoms with E-state index in [-0.39, 0.29) is 11.7 Å². The van der Waals surface area contributed by atoms with Crippen LogP contribution in [0.15, 0.2) is 59.5 Å². The zero-order valence-electron chi connectivity index (χ0n) is 18.9. The highest BCUT2D eigenvalue weighted by Gasteiger charge is 2.26. The second kappa shape index (κ2) is 7.78. The van der Waals surface area contributed by atoms with Gasteiger partial charge in [-0.1, -0.05) is 31.2 Å². The Bertz CT molecular complexity index is 1560. The fourth-order valence-electron chi connectivity index (χ4n) is 5.07. The number of para-hydroxylation sites is 1. The van der Waals surface area contributed by atoms with Crippen molar-refractivity contribution in [2.75, 3.05) is 19.6 Å². The van der Waals surface area contributed by atoms with Crippen LogP contribution in [0, 0.1) is 0 Å². The first-order valence-electron chi connectivity index (χ1n) is 11.6. The van der Waals surface area contributed by atoms with Gasteiger partial charge in [0.15, 0.2) is 0 Å². The number of aromatic nitrogens is 5. The molecule has 1 fully saturated rings. The molecular formula is C26H26N6O. The van der Waals surface area contributed by atoms with Crippen molar-refractivity contribution in [1.29, 1.82) is 0 Å². The number of fused-ring (bicyclic) bond motifs is 4. The average molecular weight is 439 g/mol. The summed E-state index contributed by atoms with van der Waals surface area (Å²) in [6, 6.07) is 16.3. The molecule has 0 radical (unpaired) electrons. The maximum absolute atomic E-state index is 13.3. The van der Waals surface area contributed by atoms with E-state index in [1.807, 2.05) is 48.0 Å². The molecule has 1 aliphatic heterocycles. The quantitative estimate of drug-likeness (QED) is 0.423. The van der Waals surface area contributed by atoms with Crippen LogP contribution in [0.25, 0.3) is 44.4 Å². The lowest BCUT2D eigenvalue weighted by molar-refractivity contribution is 0.194. The van der Waals surface area contributed by atoms with Gasteiger partial charge in [0, 0.05) is 31.6 Å². The number of hydrogen-bond donors (Lipinski definition) is 0. The molecule has 166 valence electrons. The smallest absolute Gasteiger partial charge is 0.303 e. The van der Waals surface area contributed by atoms with Gasteiger partial charge in [-0.15, -0.1) is 0 Å². The second-order valence-electron chi connectivity index (χ2n) is 8.82. The van der Waals surface area contributed by atoms with E-state index in [1.165, 1.54) is 0 Å². The van der Waals surface area contributed by atoms with Crippen LogP contribution in [0.3, 0.4) is 0 Å². The molecule has 0 bridgehead atoms. The number of nitrogens with zero attached hydrogens (tertiary/aromatic N) is 6. The van der Waals surface area contributed by atoms with Gasteiger partial charge >= 0.3 is 5.69 Å². The van der Waals surface area contributed by atoms with E-state index in [2.05, 4.69) is 28.9 Å². The highest BCUT2D eigenvalue weighted by atomic mass is 16.1. The van der Waals surface area contributed by atoms with Gasteiger partial charge in [0.05, 0.1) is 39.7 Å². The van der Waals surface area contributed by atoms with Crippen LogP contribution in [0.4, 0.5) is 0 Å². The molecule has 5 aromatic rings. The van der Waals surface area contributed by atoms with Crippen LogP contribution in [-0.2, 0) is 7.05 Å². The summed E-state index contributed by atoms with van der Waals surface area (Å²) in [7, 11) is 1.82. The molecule has 0 saturated carbocycles. The van der Waals surface area contributed by atoms with E-state index in [0.717, 1.165) is 76.8 Å². The minimum atomic E-state index is 0.00489. The Hall–Kier alpha value is -3.58. The van der Waals surface area contributed by atoms with Crippen molar-refractivity contribution in [1.82, 2.24) is 29.0 Å². The molecule has 0 N–H and O–H groups in total. The SMILES string of the molecule is CCN1CCC(n2c(=O)n(C)c3cnc4ccc(-c5ccc6ccccc6n5)nc4c32)CC1. The predicted octanol–water partition coefficient (Wildman–Crippen LogP) is 4.16. The second-order valence-corrected chi connectivity index (χ2v) is 8.82. The van der Waals surface area contributed by atoms with E-state index in [1.54, 1.807) is 10.8 Å². The molecule has 7 heteroatoms. The Kier molecular flexibility index (Phi) is 4.73. The average Bonchev–Trinajstić information content (AvgIpc) is 3.13. The highest BCUT2D eigenvalue weighted by Crippen LogP contribution is 2.30. The van der Waals surface area contributed by atoms with Crippen LogP contribution in [0.2, 0.25) is 0 Å². The number of imidazole rings is 1. The Labute approximate surface area is 191 Å². The third-order valence-electron chi connectivity index (χ3n) is 6.99. The van der Waals surface area contributed by atoms with Crippen molar-refractivity contribution >= 4 is 33.0 Å². The van der Waals surface area contributed by atoms with Crippen molar-refractivity contribution in [3.63, 3.8) is 0 Å². The van der Waals surface area contributed by atoms with Crippen LogP contribution < -0.4 is 5.69 Å². The van der Waals surface area contributed by atoms with Crippen LogP contribution in [0.1, 0.15) is 25.8 Å². The summed E-state index contributed by atoms with van der Waals surface area (Å²) in [6.45, 7) is 5.25. The molecule has 4 aromatic heterocycles. The van der Waals surface area contributed by atoms with Gasteiger partial charge < -0.3 is 4.90 Å². The first-order valence-corrected chi connectivity index (χ1v) is 11.6. The number of likely N-dealkylation sites (tertiary alicyclic amines) is 1. The van der Waals surface area contributed by atoms with Crippen LogP contribution >= 0.6 is 0 Å². The fourth-order valence-corrected chi connectivity index (χ4v) is 5.07. The van der Waals surface area contributed by atoms with E-state index < -0.39 is 0 Å². The molecule has 7 nitrogen and oxygen atoms in total. The summed E-state index contributed by atoms with van der Waals surface area (Å²) in [5, 5.41) is 1.10. The number of benzene rings is 1. The Morgan fingerprint density at radius 2 is 1.70 bits per heavy atom.